The largest absolute Gasteiger partial charge is 0.352 e. The molecule has 0 N–H and O–H groups in total. The molecule has 4 nitrogen and oxygen atoms in total. The van der Waals surface area contributed by atoms with Gasteiger partial charge in [0.2, 0.25) is 0 Å². The molecule has 94 valence electrons. The monoisotopic (exact) mass is 350 g/mol. The molecular formula is C11H16FIN4. The SMILES string of the molecule is CN(C)[C@@H]1CCN(c2ccc(I)nn2)C[C@H]1F. The summed E-state index contributed by atoms with van der Waals surface area (Å²) in [7, 11) is 3.86. The zero-order valence-electron chi connectivity index (χ0n) is 9.98. The van der Waals surface area contributed by atoms with Gasteiger partial charge in [-0.15, -0.1) is 10.2 Å². The van der Waals surface area contributed by atoms with Crippen LogP contribution in [0.25, 0.3) is 0 Å². The molecule has 0 spiro atoms. The maximum absolute atomic E-state index is 14.0. The summed E-state index contributed by atoms with van der Waals surface area (Å²) < 4.78 is 14.8. The van der Waals surface area contributed by atoms with Crippen LogP contribution in [0.5, 0.6) is 0 Å². The lowest BCUT2D eigenvalue weighted by molar-refractivity contribution is 0.136. The third kappa shape index (κ3) is 3.04. The lowest BCUT2D eigenvalue weighted by Crippen LogP contribution is -2.50. The second-order valence-corrected chi connectivity index (χ2v) is 5.60. The summed E-state index contributed by atoms with van der Waals surface area (Å²) in [5.74, 6) is 0.769. The first-order valence-corrected chi connectivity index (χ1v) is 6.70. The second kappa shape index (κ2) is 5.43. The first-order valence-electron chi connectivity index (χ1n) is 5.62. The summed E-state index contributed by atoms with van der Waals surface area (Å²) >= 11 is 2.11. The van der Waals surface area contributed by atoms with Gasteiger partial charge in [0.05, 0.1) is 6.54 Å². The number of alkyl halides is 1. The summed E-state index contributed by atoms with van der Waals surface area (Å²) in [4.78, 5) is 3.93. The highest BCUT2D eigenvalue weighted by molar-refractivity contribution is 14.1. The van der Waals surface area contributed by atoms with Crippen LogP contribution >= 0.6 is 22.6 Å². The number of anilines is 1. The molecule has 2 atom stereocenters. The molecule has 0 aromatic carbocycles. The van der Waals surface area contributed by atoms with E-state index in [4.69, 9.17) is 0 Å². The maximum atomic E-state index is 14.0. The van der Waals surface area contributed by atoms with E-state index in [9.17, 15) is 4.39 Å². The van der Waals surface area contributed by atoms with Gasteiger partial charge in [-0.25, -0.2) is 4.39 Å². The third-order valence-corrected chi connectivity index (χ3v) is 3.69. The van der Waals surface area contributed by atoms with Gasteiger partial charge < -0.3 is 9.80 Å². The Morgan fingerprint density at radius 2 is 2.18 bits per heavy atom. The zero-order valence-corrected chi connectivity index (χ0v) is 12.1. The van der Waals surface area contributed by atoms with E-state index in [2.05, 4.69) is 32.8 Å². The van der Waals surface area contributed by atoms with Gasteiger partial charge in [-0.2, -0.15) is 0 Å². The fraction of sp³-hybridized carbons (Fsp3) is 0.636. The Balaban J connectivity index is 2.04. The molecule has 17 heavy (non-hydrogen) atoms. The zero-order chi connectivity index (χ0) is 12.4. The topological polar surface area (TPSA) is 32.3 Å². The van der Waals surface area contributed by atoms with Crippen molar-refractivity contribution >= 4 is 28.4 Å². The molecule has 1 fully saturated rings. The van der Waals surface area contributed by atoms with E-state index in [0.717, 1.165) is 22.5 Å². The Hall–Kier alpha value is -0.500. The minimum absolute atomic E-state index is 0.0167. The van der Waals surface area contributed by atoms with Crippen molar-refractivity contribution in [3.8, 4) is 0 Å². The van der Waals surface area contributed by atoms with E-state index in [1.807, 2.05) is 36.0 Å². The van der Waals surface area contributed by atoms with Crippen molar-refractivity contribution in [1.29, 1.82) is 0 Å². The van der Waals surface area contributed by atoms with Gasteiger partial charge in [0.15, 0.2) is 5.82 Å². The number of hydrogen-bond acceptors (Lipinski definition) is 4. The first-order chi connectivity index (χ1) is 8.08. The summed E-state index contributed by atoms with van der Waals surface area (Å²) in [6, 6.07) is 3.81. The number of nitrogens with zero attached hydrogens (tertiary/aromatic N) is 4. The molecular weight excluding hydrogens is 334 g/mol. The molecule has 0 radical (unpaired) electrons. The molecule has 0 saturated carbocycles. The van der Waals surface area contributed by atoms with E-state index < -0.39 is 6.17 Å². The number of hydrogen-bond donors (Lipinski definition) is 0. The minimum atomic E-state index is -0.833. The van der Waals surface area contributed by atoms with Crippen LogP contribution in [0.2, 0.25) is 0 Å². The van der Waals surface area contributed by atoms with Crippen molar-refractivity contribution in [2.75, 3.05) is 32.1 Å². The van der Waals surface area contributed by atoms with Crippen LogP contribution in [0.15, 0.2) is 12.1 Å². The fourth-order valence-electron chi connectivity index (χ4n) is 2.16. The highest BCUT2D eigenvalue weighted by Crippen LogP contribution is 2.21. The normalized spacial score (nSPS) is 25.4. The van der Waals surface area contributed by atoms with Crippen LogP contribution in [0, 0.1) is 3.70 Å². The molecule has 0 bridgehead atoms. The average molecular weight is 350 g/mol. The Morgan fingerprint density at radius 3 is 2.71 bits per heavy atom. The van der Waals surface area contributed by atoms with Gasteiger partial charge in [0.25, 0.3) is 0 Å². The van der Waals surface area contributed by atoms with E-state index >= 15 is 0 Å². The molecule has 1 aliphatic heterocycles. The van der Waals surface area contributed by atoms with Crippen molar-refractivity contribution in [3.63, 3.8) is 0 Å². The van der Waals surface area contributed by atoms with Crippen molar-refractivity contribution in [1.82, 2.24) is 15.1 Å². The van der Waals surface area contributed by atoms with Gasteiger partial charge in [-0.3, -0.25) is 0 Å². The van der Waals surface area contributed by atoms with Crippen LogP contribution in [-0.4, -0.2) is 54.5 Å². The lowest BCUT2D eigenvalue weighted by Gasteiger charge is -2.38. The smallest absolute Gasteiger partial charge is 0.151 e. The van der Waals surface area contributed by atoms with E-state index in [1.54, 1.807) is 0 Å². The van der Waals surface area contributed by atoms with Gasteiger partial charge in [-0.1, -0.05) is 0 Å². The van der Waals surface area contributed by atoms with Crippen molar-refractivity contribution in [3.05, 3.63) is 15.8 Å². The fourth-order valence-corrected chi connectivity index (χ4v) is 2.45. The molecule has 1 saturated heterocycles. The first kappa shape index (κ1) is 12.9. The van der Waals surface area contributed by atoms with E-state index in [0.29, 0.717) is 6.54 Å². The summed E-state index contributed by atoms with van der Waals surface area (Å²) in [6.07, 6.45) is -0.0122. The van der Waals surface area contributed by atoms with Crippen molar-refractivity contribution < 1.29 is 4.39 Å². The second-order valence-electron chi connectivity index (χ2n) is 4.50. The Labute approximate surface area is 114 Å². The summed E-state index contributed by atoms with van der Waals surface area (Å²) in [5.41, 5.74) is 0. The molecule has 0 unspecified atom stereocenters. The minimum Gasteiger partial charge on any atom is -0.352 e. The number of halogens is 2. The molecule has 0 aliphatic carbocycles. The summed E-state index contributed by atoms with van der Waals surface area (Å²) in [5, 5.41) is 8.09. The van der Waals surface area contributed by atoms with Gasteiger partial charge in [-0.05, 0) is 55.2 Å². The molecule has 1 aliphatic rings. The molecule has 1 aromatic heterocycles. The number of rotatable bonds is 2. The van der Waals surface area contributed by atoms with Gasteiger partial charge in [0.1, 0.15) is 9.87 Å². The van der Waals surface area contributed by atoms with Crippen LogP contribution < -0.4 is 4.90 Å². The van der Waals surface area contributed by atoms with Crippen molar-refractivity contribution in [2.45, 2.75) is 18.6 Å². The molecule has 6 heteroatoms. The number of piperidine rings is 1. The summed E-state index contributed by atoms with van der Waals surface area (Å²) in [6.45, 7) is 1.23. The maximum Gasteiger partial charge on any atom is 0.151 e. The van der Waals surface area contributed by atoms with Gasteiger partial charge in [0, 0.05) is 12.6 Å². The lowest BCUT2D eigenvalue weighted by atomic mass is 10.0. The highest BCUT2D eigenvalue weighted by atomic mass is 127. The van der Waals surface area contributed by atoms with Crippen LogP contribution in [-0.2, 0) is 0 Å². The Morgan fingerprint density at radius 1 is 1.41 bits per heavy atom. The third-order valence-electron chi connectivity index (χ3n) is 3.11. The Kier molecular flexibility index (Phi) is 4.13. The van der Waals surface area contributed by atoms with E-state index in [-0.39, 0.29) is 6.04 Å². The quantitative estimate of drug-likeness (QED) is 0.758. The van der Waals surface area contributed by atoms with Gasteiger partial charge >= 0.3 is 0 Å². The Bertz CT molecular complexity index is 370. The predicted octanol–water partition coefficient (Wildman–Crippen LogP) is 1.56. The highest BCUT2D eigenvalue weighted by Gasteiger charge is 2.31. The van der Waals surface area contributed by atoms with Crippen LogP contribution in [0.4, 0.5) is 10.2 Å². The average Bonchev–Trinajstić information content (AvgIpc) is 2.29. The predicted molar refractivity (Wildman–Crippen MR) is 74.0 cm³/mol. The van der Waals surface area contributed by atoms with E-state index in [1.165, 1.54) is 0 Å². The van der Waals surface area contributed by atoms with Crippen LogP contribution in [0.3, 0.4) is 0 Å². The number of aromatic nitrogens is 2. The standard InChI is InChI=1S/C11H16FIN4/c1-16(2)9-5-6-17(7-8(9)12)11-4-3-10(13)14-15-11/h3-4,8-9H,5-7H2,1-2H3/t8-,9-/m1/s1. The molecule has 1 aromatic rings. The van der Waals surface area contributed by atoms with Crippen molar-refractivity contribution in [2.24, 2.45) is 0 Å². The molecule has 2 rings (SSSR count). The van der Waals surface area contributed by atoms with Crippen LogP contribution in [0.1, 0.15) is 6.42 Å². The molecule has 2 heterocycles. The molecule has 0 amide bonds.